The zero-order valence-corrected chi connectivity index (χ0v) is 11.8. The summed E-state index contributed by atoms with van der Waals surface area (Å²) in [5.41, 5.74) is -0.990. The van der Waals surface area contributed by atoms with Crippen LogP contribution in [0.15, 0.2) is 0 Å². The highest BCUT2D eigenvalue weighted by Gasteiger charge is 2.41. The van der Waals surface area contributed by atoms with Gasteiger partial charge in [0.2, 0.25) is 5.91 Å². The average molecular weight is 292 g/mol. The molecule has 0 radical (unpaired) electrons. The highest BCUT2D eigenvalue weighted by molar-refractivity contribution is 5.77. The van der Waals surface area contributed by atoms with Crippen LogP contribution in [-0.2, 0) is 9.53 Å². The molecule has 2 heterocycles. The molecule has 1 atom stereocenters. The molecule has 0 aromatic heterocycles. The number of nitrogens with zero attached hydrogens (tertiary/aromatic N) is 2. The van der Waals surface area contributed by atoms with Crippen LogP contribution in [0.2, 0.25) is 0 Å². The number of β-amino-alcohol motifs (C(OH)–C–C–N with tert-alkyl or cyclic N) is 1. The van der Waals surface area contributed by atoms with Gasteiger partial charge >= 0.3 is 0 Å². The Morgan fingerprint density at radius 3 is 2.50 bits per heavy atom. The maximum Gasteiger partial charge on any atom is 0.250 e. The molecule has 0 aliphatic carbocycles. The Bertz CT molecular complexity index is 358. The predicted molar refractivity (Wildman–Crippen MR) is 68.6 cm³/mol. The lowest BCUT2D eigenvalue weighted by atomic mass is 10.00. The number of hydrogen-bond acceptors (Lipinski definition) is 4. The Kier molecular flexibility index (Phi) is 4.61. The second kappa shape index (κ2) is 5.91. The van der Waals surface area contributed by atoms with Crippen molar-refractivity contribution in [1.82, 2.24) is 9.80 Å². The van der Waals surface area contributed by atoms with E-state index in [0.717, 1.165) is 0 Å². The van der Waals surface area contributed by atoms with Crippen LogP contribution < -0.4 is 0 Å². The molecule has 20 heavy (non-hydrogen) atoms. The Morgan fingerprint density at radius 2 is 1.90 bits per heavy atom. The fourth-order valence-corrected chi connectivity index (χ4v) is 2.87. The summed E-state index contributed by atoms with van der Waals surface area (Å²) in [5.74, 6) is -2.72. The fraction of sp³-hybridized carbons (Fsp3) is 0.923. The van der Waals surface area contributed by atoms with Gasteiger partial charge in [-0.05, 0) is 6.42 Å². The fourth-order valence-electron chi connectivity index (χ4n) is 2.87. The minimum atomic E-state index is -2.57. The van der Waals surface area contributed by atoms with Crippen molar-refractivity contribution in [2.45, 2.75) is 30.8 Å². The lowest BCUT2D eigenvalue weighted by Crippen LogP contribution is -2.49. The molecule has 116 valence electrons. The van der Waals surface area contributed by atoms with E-state index in [-0.39, 0.29) is 31.9 Å². The minimum Gasteiger partial charge on any atom is -0.387 e. The molecule has 2 aliphatic rings. The summed E-state index contributed by atoms with van der Waals surface area (Å²) < 4.78 is 31.0. The first-order valence-electron chi connectivity index (χ1n) is 6.93. The minimum absolute atomic E-state index is 0.00597. The molecule has 2 rings (SSSR count). The first kappa shape index (κ1) is 15.6. The zero-order valence-electron chi connectivity index (χ0n) is 11.8. The standard InChI is InChI=1S/C13H22F2N2O3/c1-20-8-11(18)17-7-2-12(19,10-17)9-16-5-3-13(14,15)4-6-16/h19H,2-10H2,1H3/t12-/m1/s1. The van der Waals surface area contributed by atoms with E-state index in [1.165, 1.54) is 7.11 Å². The summed E-state index contributed by atoms with van der Waals surface area (Å²) in [4.78, 5) is 15.1. The zero-order chi connectivity index (χ0) is 14.8. The number of halogens is 2. The number of aliphatic hydroxyl groups is 1. The Labute approximate surface area is 117 Å². The third-order valence-electron chi connectivity index (χ3n) is 4.06. The molecule has 5 nitrogen and oxygen atoms in total. The van der Waals surface area contributed by atoms with E-state index in [1.807, 2.05) is 4.90 Å². The maximum absolute atomic E-state index is 13.1. The van der Waals surface area contributed by atoms with Gasteiger partial charge in [0.05, 0.1) is 12.1 Å². The molecule has 2 fully saturated rings. The Balaban J connectivity index is 1.83. The summed E-state index contributed by atoms with van der Waals surface area (Å²) in [7, 11) is 1.45. The quantitative estimate of drug-likeness (QED) is 0.811. The van der Waals surface area contributed by atoms with Gasteiger partial charge in [-0.25, -0.2) is 8.78 Å². The van der Waals surface area contributed by atoms with Crippen LogP contribution in [0.25, 0.3) is 0 Å². The molecular weight excluding hydrogens is 270 g/mol. The van der Waals surface area contributed by atoms with E-state index in [2.05, 4.69) is 0 Å². The SMILES string of the molecule is COCC(=O)N1CC[C@@](O)(CN2CCC(F)(F)CC2)C1. The predicted octanol–water partition coefficient (Wildman–Crippen LogP) is 0.327. The van der Waals surface area contributed by atoms with Crippen molar-refractivity contribution in [3.8, 4) is 0 Å². The van der Waals surface area contributed by atoms with Crippen molar-refractivity contribution >= 4 is 5.91 Å². The number of alkyl halides is 2. The molecular formula is C13H22F2N2O3. The summed E-state index contributed by atoms with van der Waals surface area (Å²) in [5, 5.41) is 10.5. The van der Waals surface area contributed by atoms with Crippen LogP contribution in [0.4, 0.5) is 8.78 Å². The number of piperidine rings is 1. The second-order valence-electron chi connectivity index (χ2n) is 5.85. The van der Waals surface area contributed by atoms with Gasteiger partial charge in [0, 0.05) is 46.1 Å². The Hall–Kier alpha value is -0.790. The van der Waals surface area contributed by atoms with E-state index in [0.29, 0.717) is 32.6 Å². The van der Waals surface area contributed by atoms with Gasteiger partial charge < -0.3 is 14.7 Å². The van der Waals surface area contributed by atoms with E-state index < -0.39 is 11.5 Å². The summed E-state index contributed by atoms with van der Waals surface area (Å²) in [6.45, 7) is 1.68. The van der Waals surface area contributed by atoms with Gasteiger partial charge in [0.25, 0.3) is 5.92 Å². The van der Waals surface area contributed by atoms with Crippen LogP contribution in [0.3, 0.4) is 0 Å². The summed E-state index contributed by atoms with van der Waals surface area (Å²) >= 11 is 0. The third kappa shape index (κ3) is 3.86. The average Bonchev–Trinajstić information content (AvgIpc) is 2.75. The van der Waals surface area contributed by atoms with E-state index in [4.69, 9.17) is 4.74 Å². The van der Waals surface area contributed by atoms with Gasteiger partial charge in [-0.3, -0.25) is 9.69 Å². The number of ether oxygens (including phenoxy) is 1. The van der Waals surface area contributed by atoms with Crippen LogP contribution in [0, 0.1) is 0 Å². The number of rotatable bonds is 4. The maximum atomic E-state index is 13.1. The van der Waals surface area contributed by atoms with Gasteiger partial charge in [-0.15, -0.1) is 0 Å². The molecule has 0 unspecified atom stereocenters. The van der Waals surface area contributed by atoms with Crippen molar-refractivity contribution in [1.29, 1.82) is 0 Å². The first-order chi connectivity index (χ1) is 9.34. The van der Waals surface area contributed by atoms with Crippen molar-refractivity contribution < 1.29 is 23.4 Å². The molecule has 2 saturated heterocycles. The van der Waals surface area contributed by atoms with Gasteiger partial charge in [0.15, 0.2) is 0 Å². The number of hydrogen-bond donors (Lipinski definition) is 1. The molecule has 0 aromatic carbocycles. The molecule has 1 amide bonds. The van der Waals surface area contributed by atoms with E-state index in [1.54, 1.807) is 4.90 Å². The summed E-state index contributed by atoms with van der Waals surface area (Å²) in [6.07, 6.45) is 0.167. The van der Waals surface area contributed by atoms with Crippen LogP contribution in [0.1, 0.15) is 19.3 Å². The number of carbonyl (C=O) groups is 1. The number of methoxy groups -OCH3 is 1. The molecule has 2 aliphatic heterocycles. The molecule has 0 saturated carbocycles. The molecule has 7 heteroatoms. The largest absolute Gasteiger partial charge is 0.387 e. The summed E-state index contributed by atoms with van der Waals surface area (Å²) in [6, 6.07) is 0. The van der Waals surface area contributed by atoms with E-state index >= 15 is 0 Å². The van der Waals surface area contributed by atoms with Crippen LogP contribution >= 0.6 is 0 Å². The normalized spacial score (nSPS) is 30.7. The topological polar surface area (TPSA) is 53.0 Å². The lowest BCUT2D eigenvalue weighted by Gasteiger charge is -2.36. The van der Waals surface area contributed by atoms with Crippen molar-refractivity contribution in [2.75, 3.05) is 46.4 Å². The van der Waals surface area contributed by atoms with Crippen molar-refractivity contribution in [3.63, 3.8) is 0 Å². The van der Waals surface area contributed by atoms with Gasteiger partial charge in [0.1, 0.15) is 6.61 Å². The van der Waals surface area contributed by atoms with Gasteiger partial charge in [-0.1, -0.05) is 0 Å². The molecule has 0 spiro atoms. The van der Waals surface area contributed by atoms with E-state index in [9.17, 15) is 18.7 Å². The molecule has 0 aromatic rings. The molecule has 0 bridgehead atoms. The van der Waals surface area contributed by atoms with Crippen molar-refractivity contribution in [3.05, 3.63) is 0 Å². The highest BCUT2D eigenvalue weighted by atomic mass is 19.3. The number of amides is 1. The lowest BCUT2D eigenvalue weighted by molar-refractivity contribution is -0.135. The number of likely N-dealkylation sites (tertiary alicyclic amines) is 2. The second-order valence-corrected chi connectivity index (χ2v) is 5.85. The van der Waals surface area contributed by atoms with Crippen LogP contribution in [-0.4, -0.2) is 78.8 Å². The van der Waals surface area contributed by atoms with Crippen LogP contribution in [0.5, 0.6) is 0 Å². The first-order valence-corrected chi connectivity index (χ1v) is 6.93. The smallest absolute Gasteiger partial charge is 0.250 e. The van der Waals surface area contributed by atoms with Crippen molar-refractivity contribution in [2.24, 2.45) is 0 Å². The highest BCUT2D eigenvalue weighted by Crippen LogP contribution is 2.30. The Morgan fingerprint density at radius 1 is 1.25 bits per heavy atom. The van der Waals surface area contributed by atoms with Gasteiger partial charge in [-0.2, -0.15) is 0 Å². The number of carbonyl (C=O) groups excluding carboxylic acids is 1. The third-order valence-corrected chi connectivity index (χ3v) is 4.06. The monoisotopic (exact) mass is 292 g/mol. The molecule has 1 N–H and O–H groups in total.